The van der Waals surface area contributed by atoms with Crippen LogP contribution in [0.4, 0.5) is 5.69 Å². The number of carbonyl (C=O) groups is 1. The number of aromatic nitrogens is 2. The first-order chi connectivity index (χ1) is 15.2. The van der Waals surface area contributed by atoms with Crippen LogP contribution >= 0.6 is 0 Å². The Bertz CT molecular complexity index is 1070. The van der Waals surface area contributed by atoms with Crippen molar-refractivity contribution in [1.29, 1.82) is 0 Å². The summed E-state index contributed by atoms with van der Waals surface area (Å²) in [4.78, 5) is 22.9. The van der Waals surface area contributed by atoms with Crippen LogP contribution in [0.2, 0.25) is 0 Å². The standard InChI is InChI=1S/C24H29N5O2/c1-31-19-4-2-3-16(13-19)15-29-11-8-18(9-12-29)27-22-20-7-10-25-23(20)26-14-21(22)24(30)28-17-5-6-17/h2-4,7,10,13-14,17-18H,5-6,8-9,11-12,15H2,1H3,(H,28,30)(H2,25,26,27). The molecule has 3 aromatic rings. The van der Waals surface area contributed by atoms with Gasteiger partial charge in [-0.2, -0.15) is 0 Å². The topological polar surface area (TPSA) is 82.3 Å². The number of H-pyrrole nitrogens is 1. The minimum absolute atomic E-state index is 0.0314. The number of methoxy groups -OCH3 is 1. The Morgan fingerprint density at radius 2 is 2.03 bits per heavy atom. The molecule has 0 atom stereocenters. The average Bonchev–Trinajstić information content (AvgIpc) is 3.47. The predicted molar refractivity (Wildman–Crippen MR) is 121 cm³/mol. The summed E-state index contributed by atoms with van der Waals surface area (Å²) < 4.78 is 5.35. The summed E-state index contributed by atoms with van der Waals surface area (Å²) in [6.45, 7) is 2.95. The van der Waals surface area contributed by atoms with E-state index in [1.165, 1.54) is 5.56 Å². The van der Waals surface area contributed by atoms with Gasteiger partial charge in [0, 0.05) is 49.5 Å². The quantitative estimate of drug-likeness (QED) is 0.546. The number of pyridine rings is 1. The van der Waals surface area contributed by atoms with Crippen LogP contribution in [-0.4, -0.2) is 53.1 Å². The number of aromatic amines is 1. The van der Waals surface area contributed by atoms with Gasteiger partial charge in [-0.3, -0.25) is 9.69 Å². The maximum Gasteiger partial charge on any atom is 0.255 e. The van der Waals surface area contributed by atoms with Crippen LogP contribution in [0.3, 0.4) is 0 Å². The van der Waals surface area contributed by atoms with Gasteiger partial charge in [0.25, 0.3) is 5.91 Å². The lowest BCUT2D eigenvalue weighted by Crippen LogP contribution is -2.39. The molecule has 1 aliphatic heterocycles. The van der Waals surface area contributed by atoms with Crippen LogP contribution in [0.5, 0.6) is 5.75 Å². The van der Waals surface area contributed by atoms with Crippen molar-refractivity contribution in [1.82, 2.24) is 20.2 Å². The fourth-order valence-corrected chi connectivity index (χ4v) is 4.29. The number of nitrogens with zero attached hydrogens (tertiary/aromatic N) is 2. The number of rotatable bonds is 7. The lowest BCUT2D eigenvalue weighted by atomic mass is 10.0. The molecule has 0 unspecified atom stereocenters. The summed E-state index contributed by atoms with van der Waals surface area (Å²) in [5, 5.41) is 7.76. The smallest absolute Gasteiger partial charge is 0.255 e. The van der Waals surface area contributed by atoms with E-state index in [-0.39, 0.29) is 5.91 Å². The zero-order valence-corrected chi connectivity index (χ0v) is 17.9. The molecule has 1 saturated carbocycles. The number of anilines is 1. The van der Waals surface area contributed by atoms with E-state index < -0.39 is 0 Å². The molecule has 0 spiro atoms. The van der Waals surface area contributed by atoms with Crippen molar-refractivity contribution in [2.24, 2.45) is 0 Å². The van der Waals surface area contributed by atoms with Crippen LogP contribution in [0.15, 0.2) is 42.7 Å². The maximum absolute atomic E-state index is 12.8. The average molecular weight is 420 g/mol. The number of ether oxygens (including phenoxy) is 1. The highest BCUT2D eigenvalue weighted by Crippen LogP contribution is 2.29. The molecule has 162 valence electrons. The Labute approximate surface area is 182 Å². The number of hydrogen-bond donors (Lipinski definition) is 3. The number of benzene rings is 1. The van der Waals surface area contributed by atoms with Crippen LogP contribution in [0.1, 0.15) is 41.6 Å². The third kappa shape index (κ3) is 4.51. The molecule has 1 aliphatic carbocycles. The van der Waals surface area contributed by atoms with Gasteiger partial charge < -0.3 is 20.4 Å². The zero-order valence-electron chi connectivity index (χ0n) is 17.9. The second kappa shape index (κ2) is 8.59. The molecular formula is C24H29N5O2. The Morgan fingerprint density at radius 3 is 2.81 bits per heavy atom. The Morgan fingerprint density at radius 1 is 1.19 bits per heavy atom. The summed E-state index contributed by atoms with van der Waals surface area (Å²) in [5.41, 5.74) is 3.61. The summed E-state index contributed by atoms with van der Waals surface area (Å²) in [7, 11) is 1.70. The van der Waals surface area contributed by atoms with E-state index in [0.717, 1.165) is 67.8 Å². The first-order valence-corrected chi connectivity index (χ1v) is 11.1. The van der Waals surface area contributed by atoms with Crippen molar-refractivity contribution in [2.45, 2.75) is 44.3 Å². The van der Waals surface area contributed by atoms with Crippen LogP contribution in [-0.2, 0) is 6.54 Å². The largest absolute Gasteiger partial charge is 0.497 e. The van der Waals surface area contributed by atoms with Crippen molar-refractivity contribution in [3.8, 4) is 5.75 Å². The number of likely N-dealkylation sites (tertiary alicyclic amines) is 1. The normalized spacial score (nSPS) is 17.6. The number of carbonyl (C=O) groups excluding carboxylic acids is 1. The molecule has 1 amide bonds. The van der Waals surface area contributed by atoms with Gasteiger partial charge >= 0.3 is 0 Å². The Hall–Kier alpha value is -3.06. The lowest BCUT2D eigenvalue weighted by molar-refractivity contribution is 0.0951. The van der Waals surface area contributed by atoms with Crippen molar-refractivity contribution in [2.75, 3.05) is 25.5 Å². The molecule has 5 rings (SSSR count). The first-order valence-electron chi connectivity index (χ1n) is 11.1. The van der Waals surface area contributed by atoms with Gasteiger partial charge in [0.2, 0.25) is 0 Å². The second-order valence-corrected chi connectivity index (χ2v) is 8.58. The van der Waals surface area contributed by atoms with E-state index in [9.17, 15) is 4.79 Å². The van der Waals surface area contributed by atoms with Gasteiger partial charge in [0.15, 0.2) is 0 Å². The van der Waals surface area contributed by atoms with Gasteiger partial charge in [0.1, 0.15) is 11.4 Å². The summed E-state index contributed by atoms with van der Waals surface area (Å²) in [6, 6.07) is 10.9. The van der Waals surface area contributed by atoms with Gasteiger partial charge in [-0.25, -0.2) is 4.98 Å². The number of hydrogen-bond acceptors (Lipinski definition) is 5. The highest BCUT2D eigenvalue weighted by atomic mass is 16.5. The molecule has 2 aliphatic rings. The van der Waals surface area contributed by atoms with E-state index in [2.05, 4.69) is 37.6 Å². The minimum Gasteiger partial charge on any atom is -0.497 e. The minimum atomic E-state index is -0.0314. The third-order valence-electron chi connectivity index (χ3n) is 6.22. The van der Waals surface area contributed by atoms with E-state index in [0.29, 0.717) is 17.6 Å². The highest BCUT2D eigenvalue weighted by Gasteiger charge is 2.27. The van der Waals surface area contributed by atoms with Crippen molar-refractivity contribution in [3.05, 3.63) is 53.9 Å². The molecule has 7 heteroatoms. The van der Waals surface area contributed by atoms with Gasteiger partial charge in [0.05, 0.1) is 18.4 Å². The molecule has 3 heterocycles. The van der Waals surface area contributed by atoms with E-state index in [4.69, 9.17) is 4.74 Å². The number of fused-ring (bicyclic) bond motifs is 1. The van der Waals surface area contributed by atoms with Crippen molar-refractivity contribution in [3.63, 3.8) is 0 Å². The molecule has 31 heavy (non-hydrogen) atoms. The van der Waals surface area contributed by atoms with E-state index in [1.807, 2.05) is 24.4 Å². The molecule has 1 aromatic carbocycles. The van der Waals surface area contributed by atoms with Crippen LogP contribution in [0.25, 0.3) is 11.0 Å². The third-order valence-corrected chi connectivity index (χ3v) is 6.22. The molecule has 0 radical (unpaired) electrons. The Kier molecular flexibility index (Phi) is 5.51. The van der Waals surface area contributed by atoms with Crippen molar-refractivity contribution >= 4 is 22.6 Å². The molecular weight excluding hydrogens is 390 g/mol. The van der Waals surface area contributed by atoms with Crippen LogP contribution in [0, 0.1) is 0 Å². The van der Waals surface area contributed by atoms with Gasteiger partial charge in [-0.1, -0.05) is 12.1 Å². The zero-order chi connectivity index (χ0) is 21.2. The second-order valence-electron chi connectivity index (χ2n) is 8.58. The fourth-order valence-electron chi connectivity index (χ4n) is 4.29. The van der Waals surface area contributed by atoms with Gasteiger partial charge in [-0.15, -0.1) is 0 Å². The van der Waals surface area contributed by atoms with E-state index >= 15 is 0 Å². The molecule has 2 aromatic heterocycles. The molecule has 0 bridgehead atoms. The summed E-state index contributed by atoms with van der Waals surface area (Å²) >= 11 is 0. The highest BCUT2D eigenvalue weighted by molar-refractivity contribution is 6.06. The lowest BCUT2D eigenvalue weighted by Gasteiger charge is -2.33. The summed E-state index contributed by atoms with van der Waals surface area (Å²) in [5.74, 6) is 0.871. The summed E-state index contributed by atoms with van der Waals surface area (Å²) in [6.07, 6.45) is 7.77. The maximum atomic E-state index is 12.8. The predicted octanol–water partition coefficient (Wildman–Crippen LogP) is 3.54. The van der Waals surface area contributed by atoms with Gasteiger partial charge in [-0.05, 0) is 49.4 Å². The number of amides is 1. The SMILES string of the molecule is COc1cccc(CN2CCC(Nc3c(C(=O)NC4CC4)cnc4[nH]ccc34)CC2)c1. The Balaban J connectivity index is 1.26. The fraction of sp³-hybridized carbons (Fsp3) is 0.417. The number of piperidine rings is 1. The monoisotopic (exact) mass is 419 g/mol. The first kappa shape index (κ1) is 19.9. The van der Waals surface area contributed by atoms with E-state index in [1.54, 1.807) is 13.3 Å². The number of nitrogens with one attached hydrogen (secondary N) is 3. The van der Waals surface area contributed by atoms with Crippen LogP contribution < -0.4 is 15.4 Å². The van der Waals surface area contributed by atoms with Crippen molar-refractivity contribution < 1.29 is 9.53 Å². The molecule has 2 fully saturated rings. The molecule has 3 N–H and O–H groups in total. The molecule has 7 nitrogen and oxygen atoms in total. The molecule has 1 saturated heterocycles.